The third-order valence-corrected chi connectivity index (χ3v) is 7.68. The number of carbonyl (C=O) groups is 3. The minimum Gasteiger partial charge on any atom is -0.342 e. The molecule has 3 aromatic rings. The van der Waals surface area contributed by atoms with Crippen LogP contribution in [0.15, 0.2) is 65.6 Å². The molecule has 7 nitrogen and oxygen atoms in total. The van der Waals surface area contributed by atoms with Crippen LogP contribution in [0.1, 0.15) is 32.8 Å². The van der Waals surface area contributed by atoms with Crippen LogP contribution in [0, 0.1) is 5.92 Å². The number of likely N-dealkylation sites (N-methyl/N-ethyl adjacent to an activating group) is 1. The third kappa shape index (κ3) is 6.14. The Balaban J connectivity index is 1.75. The lowest BCUT2D eigenvalue weighted by Gasteiger charge is -2.27. The maximum atomic E-state index is 14.0. The summed E-state index contributed by atoms with van der Waals surface area (Å²) in [5.74, 6) is 0.113. The lowest BCUT2D eigenvalue weighted by Crippen LogP contribution is -2.53. The molecule has 1 aliphatic heterocycles. The predicted molar refractivity (Wildman–Crippen MR) is 151 cm³/mol. The number of anilines is 2. The van der Waals surface area contributed by atoms with Crippen LogP contribution in [0.4, 0.5) is 11.4 Å². The molecule has 194 valence electrons. The van der Waals surface area contributed by atoms with Crippen LogP contribution < -0.4 is 20.9 Å². The molecule has 0 spiro atoms. The molecule has 0 fully saturated rings. The second-order valence-corrected chi connectivity index (χ2v) is 10.8. The number of carbonyl (C=O) groups excluding carboxylic acids is 3. The van der Waals surface area contributed by atoms with E-state index in [1.165, 1.54) is 11.8 Å². The molecule has 3 N–H and O–H groups in total. The van der Waals surface area contributed by atoms with E-state index in [0.29, 0.717) is 24.4 Å². The molecule has 0 radical (unpaired) electrons. The fourth-order valence-electron chi connectivity index (χ4n) is 4.40. The highest BCUT2D eigenvalue weighted by Crippen LogP contribution is 2.41. The maximum Gasteiger partial charge on any atom is 0.250 e. The lowest BCUT2D eigenvalue weighted by molar-refractivity contribution is -0.128. The molecule has 8 heteroatoms. The Kier molecular flexibility index (Phi) is 8.51. The monoisotopic (exact) mass is 518 g/mol. The minimum atomic E-state index is -0.713. The van der Waals surface area contributed by atoms with Crippen molar-refractivity contribution in [1.29, 1.82) is 0 Å². The van der Waals surface area contributed by atoms with Gasteiger partial charge in [0.1, 0.15) is 6.04 Å². The highest BCUT2D eigenvalue weighted by atomic mass is 32.2. The number of benzene rings is 3. The van der Waals surface area contributed by atoms with Gasteiger partial charge in [-0.1, -0.05) is 62.4 Å². The van der Waals surface area contributed by atoms with Gasteiger partial charge in [0.25, 0.3) is 5.91 Å². The topological polar surface area (TPSA) is 90.5 Å². The van der Waals surface area contributed by atoms with Gasteiger partial charge in [-0.25, -0.2) is 0 Å². The Hall–Kier alpha value is -3.36. The van der Waals surface area contributed by atoms with E-state index in [4.69, 9.17) is 0 Å². The zero-order valence-corrected chi connectivity index (χ0v) is 22.5. The summed E-state index contributed by atoms with van der Waals surface area (Å²) in [6.07, 6.45) is 0.410. The van der Waals surface area contributed by atoms with Crippen molar-refractivity contribution in [1.82, 2.24) is 10.6 Å². The number of rotatable bonds is 8. The molecule has 4 rings (SSSR count). The van der Waals surface area contributed by atoms with Crippen LogP contribution >= 0.6 is 11.8 Å². The van der Waals surface area contributed by atoms with Crippen molar-refractivity contribution < 1.29 is 14.4 Å². The van der Waals surface area contributed by atoms with Crippen molar-refractivity contribution in [3.8, 4) is 0 Å². The van der Waals surface area contributed by atoms with E-state index in [1.807, 2.05) is 56.3 Å². The smallest absolute Gasteiger partial charge is 0.250 e. The van der Waals surface area contributed by atoms with Gasteiger partial charge < -0.3 is 20.9 Å². The van der Waals surface area contributed by atoms with Crippen molar-refractivity contribution in [2.75, 3.05) is 23.0 Å². The molecule has 2 atom stereocenters. The van der Waals surface area contributed by atoms with Crippen LogP contribution in [0.2, 0.25) is 0 Å². The molecule has 0 aliphatic carbocycles. The molecule has 0 saturated heterocycles. The van der Waals surface area contributed by atoms with E-state index in [0.717, 1.165) is 26.9 Å². The molecular formula is C29H34N4O3S. The molecule has 3 amide bonds. The number of nitrogens with zero attached hydrogens (tertiary/aromatic N) is 1. The fraction of sp³-hybridized carbons (Fsp3) is 0.345. The van der Waals surface area contributed by atoms with E-state index in [-0.39, 0.29) is 23.6 Å². The van der Waals surface area contributed by atoms with Crippen LogP contribution in [-0.4, -0.2) is 42.6 Å². The molecule has 37 heavy (non-hydrogen) atoms. The maximum absolute atomic E-state index is 14.0. The van der Waals surface area contributed by atoms with Gasteiger partial charge in [-0.2, -0.15) is 0 Å². The fourth-order valence-corrected chi connectivity index (χ4v) is 5.56. The standard InChI is InChI=1S/C29H34N4O3S/c1-18(2)15-26(34)31-23-13-8-14-25-27(23)37-17-24(32-28(35)19(3)30-4)29(36)33(25)16-21-11-7-10-20-9-5-6-12-22(20)21/h5-14,18-19,24,30H,15-17H2,1-4H3,(H,31,34)(H,32,35)/t19-,24-/m0/s1. The average molecular weight is 519 g/mol. The van der Waals surface area contributed by atoms with E-state index in [1.54, 1.807) is 18.9 Å². The third-order valence-electron chi connectivity index (χ3n) is 6.46. The molecule has 0 unspecified atom stereocenters. The summed E-state index contributed by atoms with van der Waals surface area (Å²) < 4.78 is 0. The Bertz CT molecular complexity index is 1300. The first-order chi connectivity index (χ1) is 17.8. The Labute approximate surface area is 222 Å². The van der Waals surface area contributed by atoms with E-state index in [2.05, 4.69) is 34.1 Å². The number of hydrogen-bond donors (Lipinski definition) is 3. The molecule has 3 aromatic carbocycles. The second-order valence-electron chi connectivity index (χ2n) is 9.75. The minimum absolute atomic E-state index is 0.0622. The first-order valence-electron chi connectivity index (χ1n) is 12.6. The number of thioether (sulfide) groups is 1. The normalized spacial score (nSPS) is 16.3. The van der Waals surface area contributed by atoms with Crippen LogP contribution in [0.25, 0.3) is 10.8 Å². The van der Waals surface area contributed by atoms with Gasteiger partial charge >= 0.3 is 0 Å². The van der Waals surface area contributed by atoms with Crippen LogP contribution in [0.5, 0.6) is 0 Å². The molecule has 0 saturated carbocycles. The van der Waals surface area contributed by atoms with Gasteiger partial charge in [-0.15, -0.1) is 11.8 Å². The molecule has 1 heterocycles. The van der Waals surface area contributed by atoms with Crippen molar-refractivity contribution in [2.24, 2.45) is 5.92 Å². The quantitative estimate of drug-likeness (QED) is 0.407. The Morgan fingerprint density at radius 3 is 2.51 bits per heavy atom. The summed E-state index contributed by atoms with van der Waals surface area (Å²) in [4.78, 5) is 41.9. The molecule has 1 aliphatic rings. The van der Waals surface area contributed by atoms with E-state index in [9.17, 15) is 14.4 Å². The number of nitrogens with one attached hydrogen (secondary N) is 3. The Morgan fingerprint density at radius 2 is 1.76 bits per heavy atom. The average Bonchev–Trinajstić information content (AvgIpc) is 3.00. The SMILES string of the molecule is CN[C@@H](C)C(=O)N[C@H]1CSc2c(NC(=O)CC(C)C)cccc2N(Cc2cccc3ccccc23)C1=O. The zero-order valence-electron chi connectivity index (χ0n) is 21.7. The summed E-state index contributed by atoms with van der Waals surface area (Å²) >= 11 is 1.48. The van der Waals surface area contributed by atoms with Gasteiger partial charge in [0.15, 0.2) is 0 Å². The number of hydrogen-bond acceptors (Lipinski definition) is 5. The van der Waals surface area contributed by atoms with Crippen molar-refractivity contribution in [2.45, 2.75) is 50.7 Å². The van der Waals surface area contributed by atoms with Gasteiger partial charge in [-0.3, -0.25) is 14.4 Å². The van der Waals surface area contributed by atoms with E-state index >= 15 is 0 Å². The summed E-state index contributed by atoms with van der Waals surface area (Å²) in [6.45, 7) is 6.10. The summed E-state index contributed by atoms with van der Waals surface area (Å²) in [5, 5.41) is 11.1. The summed E-state index contributed by atoms with van der Waals surface area (Å²) in [6, 6.07) is 18.7. The van der Waals surface area contributed by atoms with Gasteiger partial charge in [0, 0.05) is 12.2 Å². The molecule has 0 aromatic heterocycles. The van der Waals surface area contributed by atoms with Crippen molar-refractivity contribution >= 4 is 51.6 Å². The summed E-state index contributed by atoms with van der Waals surface area (Å²) in [5.41, 5.74) is 2.41. The highest BCUT2D eigenvalue weighted by Gasteiger charge is 2.34. The van der Waals surface area contributed by atoms with Crippen molar-refractivity contribution in [3.63, 3.8) is 0 Å². The van der Waals surface area contributed by atoms with Gasteiger partial charge in [-0.05, 0) is 48.4 Å². The van der Waals surface area contributed by atoms with Crippen molar-refractivity contribution in [3.05, 3.63) is 66.2 Å². The highest BCUT2D eigenvalue weighted by molar-refractivity contribution is 7.99. The Morgan fingerprint density at radius 1 is 1.03 bits per heavy atom. The van der Waals surface area contributed by atoms with Crippen LogP contribution in [-0.2, 0) is 20.9 Å². The summed E-state index contributed by atoms with van der Waals surface area (Å²) in [7, 11) is 1.71. The zero-order chi connectivity index (χ0) is 26.5. The second kappa shape index (κ2) is 11.8. The van der Waals surface area contributed by atoms with E-state index < -0.39 is 12.1 Å². The number of amides is 3. The molecule has 0 bridgehead atoms. The number of fused-ring (bicyclic) bond motifs is 2. The van der Waals surface area contributed by atoms with Crippen LogP contribution in [0.3, 0.4) is 0 Å². The predicted octanol–water partition coefficient (Wildman–Crippen LogP) is 4.56. The van der Waals surface area contributed by atoms with Gasteiger partial charge in [0.2, 0.25) is 11.8 Å². The first-order valence-corrected chi connectivity index (χ1v) is 13.6. The largest absolute Gasteiger partial charge is 0.342 e. The molecular weight excluding hydrogens is 484 g/mol. The lowest BCUT2D eigenvalue weighted by atomic mass is 10.0. The first kappa shape index (κ1) is 26.7. The van der Waals surface area contributed by atoms with Gasteiger partial charge in [0.05, 0.1) is 28.9 Å².